The van der Waals surface area contributed by atoms with E-state index in [1.807, 2.05) is 25.1 Å². The first-order valence-electron chi connectivity index (χ1n) is 13.5. The van der Waals surface area contributed by atoms with Gasteiger partial charge in [0.15, 0.2) is 5.82 Å². The van der Waals surface area contributed by atoms with Gasteiger partial charge in [0.2, 0.25) is 0 Å². The van der Waals surface area contributed by atoms with Crippen molar-refractivity contribution < 1.29 is 43.2 Å². The lowest BCUT2D eigenvalue weighted by Crippen LogP contribution is -2.29. The van der Waals surface area contributed by atoms with E-state index in [9.17, 15) is 10.0 Å². The molecule has 0 fully saturated rings. The van der Waals surface area contributed by atoms with Crippen LogP contribution in [0.1, 0.15) is 5.69 Å². The highest BCUT2D eigenvalue weighted by Crippen LogP contribution is 2.33. The number of nitrogen functional groups attached to an aromatic ring is 1. The number of benzene rings is 2. The number of nitrogens with zero attached hydrogens (tertiary/aromatic N) is 2. The molecule has 224 valence electrons. The summed E-state index contributed by atoms with van der Waals surface area (Å²) in [6.45, 7) is 7.54. The SMILES string of the molecule is COCCOCCOCCOCCOCCOCCOc1ccc(B(O)O)cc1-c1ccc2c(N)nnc(C)c2c1. The third kappa shape index (κ3) is 11.1. The summed E-state index contributed by atoms with van der Waals surface area (Å²) in [5.41, 5.74) is 8.60. The topological polar surface area (TPSA) is 157 Å². The number of hydrogen-bond acceptors (Lipinski definition) is 12. The molecule has 0 spiro atoms. The Morgan fingerprint density at radius 3 is 1.80 bits per heavy atom. The fourth-order valence-corrected chi connectivity index (χ4v) is 3.87. The van der Waals surface area contributed by atoms with Crippen molar-refractivity contribution in [2.75, 3.05) is 92.1 Å². The number of anilines is 1. The Balaban J connectivity index is 1.34. The molecule has 41 heavy (non-hydrogen) atoms. The van der Waals surface area contributed by atoms with Gasteiger partial charge in [-0.3, -0.25) is 0 Å². The standard InChI is InChI=1S/C28H40BN3O9/c1-21-25-19-22(3-5-24(25)28(30)32-31-21)26-20-23(29(33)34)4-6-27(26)41-18-17-40-16-15-39-14-13-38-12-11-37-10-9-36-8-7-35-2/h3-6,19-20,33-34H,7-18H2,1-2H3,(H2,30,32). The summed E-state index contributed by atoms with van der Waals surface area (Å²) in [5, 5.41) is 29.1. The number of aromatic nitrogens is 2. The zero-order valence-electron chi connectivity index (χ0n) is 23.8. The van der Waals surface area contributed by atoms with E-state index in [1.165, 1.54) is 0 Å². The Kier molecular flexibility index (Phi) is 14.8. The third-order valence-corrected chi connectivity index (χ3v) is 6.01. The van der Waals surface area contributed by atoms with E-state index in [2.05, 4.69) is 10.2 Å². The molecule has 4 N–H and O–H groups in total. The molecule has 13 heteroatoms. The van der Waals surface area contributed by atoms with E-state index in [0.717, 1.165) is 22.0 Å². The van der Waals surface area contributed by atoms with E-state index in [0.29, 0.717) is 102 Å². The Hall–Kier alpha value is -2.88. The predicted molar refractivity (Wildman–Crippen MR) is 155 cm³/mol. The fraction of sp³-hybridized carbons (Fsp3) is 0.500. The van der Waals surface area contributed by atoms with Crippen molar-refractivity contribution in [3.05, 3.63) is 42.1 Å². The van der Waals surface area contributed by atoms with Gasteiger partial charge in [0.25, 0.3) is 0 Å². The molecule has 1 heterocycles. The monoisotopic (exact) mass is 573 g/mol. The second-order valence-electron chi connectivity index (χ2n) is 8.96. The second-order valence-corrected chi connectivity index (χ2v) is 8.96. The van der Waals surface area contributed by atoms with Crippen LogP contribution in [0.15, 0.2) is 36.4 Å². The molecular formula is C28H40BN3O9. The number of ether oxygens (including phenoxy) is 7. The molecule has 0 aliphatic rings. The van der Waals surface area contributed by atoms with Crippen molar-refractivity contribution >= 4 is 29.2 Å². The van der Waals surface area contributed by atoms with Gasteiger partial charge < -0.3 is 48.9 Å². The van der Waals surface area contributed by atoms with E-state index in [4.69, 9.17) is 38.9 Å². The lowest BCUT2D eigenvalue weighted by molar-refractivity contribution is -0.0159. The molecule has 12 nitrogen and oxygen atoms in total. The van der Waals surface area contributed by atoms with Gasteiger partial charge >= 0.3 is 7.12 Å². The lowest BCUT2D eigenvalue weighted by Gasteiger charge is -2.15. The molecule has 1 aromatic heterocycles. The van der Waals surface area contributed by atoms with Crippen LogP contribution in [-0.2, 0) is 28.4 Å². The molecule has 3 aromatic rings. The van der Waals surface area contributed by atoms with Crippen molar-refractivity contribution in [2.45, 2.75) is 6.92 Å². The predicted octanol–water partition coefficient (Wildman–Crippen LogP) is 0.975. The lowest BCUT2D eigenvalue weighted by atomic mass is 9.79. The highest BCUT2D eigenvalue weighted by molar-refractivity contribution is 6.58. The summed E-state index contributed by atoms with van der Waals surface area (Å²) in [7, 11) is 0.0304. The van der Waals surface area contributed by atoms with Gasteiger partial charge in [-0.2, -0.15) is 5.10 Å². The molecule has 0 radical (unpaired) electrons. The summed E-state index contributed by atoms with van der Waals surface area (Å²) < 4.78 is 38.2. The van der Waals surface area contributed by atoms with E-state index < -0.39 is 7.12 Å². The molecule has 2 aromatic carbocycles. The Morgan fingerprint density at radius 1 is 0.683 bits per heavy atom. The van der Waals surface area contributed by atoms with Crippen molar-refractivity contribution in [1.82, 2.24) is 10.2 Å². The summed E-state index contributed by atoms with van der Waals surface area (Å²) >= 11 is 0. The maximum atomic E-state index is 9.70. The zero-order chi connectivity index (χ0) is 29.3. The van der Waals surface area contributed by atoms with E-state index in [1.54, 1.807) is 25.3 Å². The molecule has 0 saturated heterocycles. The van der Waals surface area contributed by atoms with Gasteiger partial charge in [-0.05, 0) is 36.1 Å². The van der Waals surface area contributed by atoms with Gasteiger partial charge in [-0.15, -0.1) is 5.10 Å². The first-order valence-corrected chi connectivity index (χ1v) is 13.5. The number of fused-ring (bicyclic) bond motifs is 1. The van der Waals surface area contributed by atoms with Crippen LogP contribution in [-0.4, -0.2) is 114 Å². The van der Waals surface area contributed by atoms with Crippen molar-refractivity contribution in [3.63, 3.8) is 0 Å². The molecule has 3 rings (SSSR count). The van der Waals surface area contributed by atoms with Crippen LogP contribution in [0.5, 0.6) is 5.75 Å². The minimum absolute atomic E-state index is 0.305. The van der Waals surface area contributed by atoms with Crippen LogP contribution in [0.2, 0.25) is 0 Å². The number of nitrogens with two attached hydrogens (primary N) is 1. The number of methoxy groups -OCH3 is 1. The maximum Gasteiger partial charge on any atom is 0.488 e. The summed E-state index contributed by atoms with van der Waals surface area (Å²) in [6, 6.07) is 10.7. The molecule has 0 aliphatic carbocycles. The summed E-state index contributed by atoms with van der Waals surface area (Å²) in [4.78, 5) is 0. The van der Waals surface area contributed by atoms with Gasteiger partial charge in [-0.25, -0.2) is 0 Å². The van der Waals surface area contributed by atoms with Crippen molar-refractivity contribution in [1.29, 1.82) is 0 Å². The molecule has 0 aliphatic heterocycles. The largest absolute Gasteiger partial charge is 0.491 e. The Bertz CT molecular complexity index is 1190. The molecule has 0 saturated carbocycles. The highest BCUT2D eigenvalue weighted by atomic mass is 16.6. The van der Waals surface area contributed by atoms with Gasteiger partial charge in [0, 0.05) is 23.4 Å². The first-order chi connectivity index (χ1) is 20.0. The van der Waals surface area contributed by atoms with Gasteiger partial charge in [-0.1, -0.05) is 18.2 Å². The van der Waals surface area contributed by atoms with E-state index >= 15 is 0 Å². The van der Waals surface area contributed by atoms with Crippen molar-refractivity contribution in [2.24, 2.45) is 0 Å². The Labute approximate surface area is 240 Å². The maximum absolute atomic E-state index is 9.70. The first kappa shape index (κ1) is 32.6. The molecule has 0 unspecified atom stereocenters. The molecule has 0 amide bonds. The highest BCUT2D eigenvalue weighted by Gasteiger charge is 2.16. The Morgan fingerprint density at radius 2 is 1.24 bits per heavy atom. The number of rotatable bonds is 21. The van der Waals surface area contributed by atoms with Crippen molar-refractivity contribution in [3.8, 4) is 16.9 Å². The third-order valence-electron chi connectivity index (χ3n) is 6.01. The summed E-state index contributed by atoms with van der Waals surface area (Å²) in [6.07, 6.45) is 0. The van der Waals surface area contributed by atoms with Crippen LogP contribution < -0.4 is 15.9 Å². The van der Waals surface area contributed by atoms with Gasteiger partial charge in [0.05, 0.1) is 78.4 Å². The quantitative estimate of drug-likeness (QED) is 0.123. The smallest absolute Gasteiger partial charge is 0.488 e. The number of aryl methyl sites for hydroxylation is 1. The average molecular weight is 573 g/mol. The number of hydrogen-bond donors (Lipinski definition) is 3. The van der Waals surface area contributed by atoms with Crippen LogP contribution >= 0.6 is 0 Å². The van der Waals surface area contributed by atoms with Gasteiger partial charge in [0.1, 0.15) is 12.4 Å². The van der Waals surface area contributed by atoms with Crippen LogP contribution in [0.4, 0.5) is 5.82 Å². The molecule has 0 atom stereocenters. The molecule has 0 bridgehead atoms. The normalized spacial score (nSPS) is 11.3. The van der Waals surface area contributed by atoms with Crippen LogP contribution in [0.25, 0.3) is 21.9 Å². The molecular weight excluding hydrogens is 533 g/mol. The van der Waals surface area contributed by atoms with Crippen LogP contribution in [0.3, 0.4) is 0 Å². The zero-order valence-corrected chi connectivity index (χ0v) is 23.8. The minimum Gasteiger partial charge on any atom is -0.491 e. The summed E-state index contributed by atoms with van der Waals surface area (Å²) in [5.74, 6) is 0.934. The fourth-order valence-electron chi connectivity index (χ4n) is 3.87. The minimum atomic E-state index is -1.61. The second kappa shape index (κ2) is 18.5. The van der Waals surface area contributed by atoms with E-state index in [-0.39, 0.29) is 0 Å². The average Bonchev–Trinajstić information content (AvgIpc) is 2.98. The van der Waals surface area contributed by atoms with Crippen LogP contribution in [0, 0.1) is 6.92 Å².